The molecular formula is C14H24Cl2OZr. The number of aromatic hydroxyl groups is 1. The van der Waals surface area contributed by atoms with Gasteiger partial charge < -0.3 is 5.11 Å². The fraction of sp³-hybridized carbons (Fsp3) is 0.571. The molecule has 0 spiro atoms. The Morgan fingerprint density at radius 2 is 1.06 bits per heavy atom. The molecule has 0 aliphatic carbocycles. The smallest absolute Gasteiger partial charge is 0.123 e. The fourth-order valence-corrected chi connectivity index (χ4v) is 1.75. The number of hydrogen-bond donors (Lipinski definition) is 1. The molecule has 0 saturated carbocycles. The van der Waals surface area contributed by atoms with E-state index < -0.39 is 0 Å². The Kier molecular flexibility index (Phi) is 10.4. The van der Waals surface area contributed by atoms with Gasteiger partial charge in [0.25, 0.3) is 0 Å². The summed E-state index contributed by atoms with van der Waals surface area (Å²) in [6, 6.07) is 6.04. The minimum absolute atomic E-state index is 0. The third kappa shape index (κ3) is 5.63. The van der Waals surface area contributed by atoms with Crippen LogP contribution in [-0.4, -0.2) is 5.11 Å². The van der Waals surface area contributed by atoms with E-state index in [1.165, 1.54) is 0 Å². The molecule has 0 aliphatic rings. The summed E-state index contributed by atoms with van der Waals surface area (Å²) in [5, 5.41) is 10.3. The van der Waals surface area contributed by atoms with Crippen molar-refractivity contribution in [3.63, 3.8) is 0 Å². The Bertz CT molecular complexity index is 333. The van der Waals surface area contributed by atoms with Crippen LogP contribution in [0.15, 0.2) is 18.2 Å². The average Bonchev–Trinajstić information content (AvgIpc) is 1.99. The fourth-order valence-electron chi connectivity index (χ4n) is 1.75. The van der Waals surface area contributed by atoms with Crippen LogP contribution < -0.4 is 0 Å². The van der Waals surface area contributed by atoms with Gasteiger partial charge in [0.2, 0.25) is 0 Å². The number of para-hydroxylation sites is 1. The van der Waals surface area contributed by atoms with E-state index in [9.17, 15) is 5.11 Å². The van der Waals surface area contributed by atoms with Crippen LogP contribution in [0.4, 0.5) is 0 Å². The van der Waals surface area contributed by atoms with Crippen molar-refractivity contribution in [3.05, 3.63) is 29.3 Å². The van der Waals surface area contributed by atoms with Gasteiger partial charge in [-0.05, 0) is 22.0 Å². The van der Waals surface area contributed by atoms with Gasteiger partial charge in [0.05, 0.1) is 0 Å². The maximum absolute atomic E-state index is 10.3. The van der Waals surface area contributed by atoms with Crippen molar-refractivity contribution >= 4 is 24.8 Å². The minimum atomic E-state index is -0.00859. The van der Waals surface area contributed by atoms with Crippen LogP contribution in [0, 0.1) is 0 Å². The van der Waals surface area contributed by atoms with Crippen LogP contribution in [0.5, 0.6) is 5.75 Å². The molecule has 1 rings (SSSR count). The molecule has 0 unspecified atom stereocenters. The summed E-state index contributed by atoms with van der Waals surface area (Å²) in [5.41, 5.74) is 2.03. The first kappa shape index (κ1) is 23.6. The first-order chi connectivity index (χ1) is 6.64. The first-order valence-electron chi connectivity index (χ1n) is 5.47. The largest absolute Gasteiger partial charge is 0.507 e. The normalized spacial score (nSPS) is 10.8. The van der Waals surface area contributed by atoms with Crippen molar-refractivity contribution in [1.82, 2.24) is 0 Å². The van der Waals surface area contributed by atoms with Crippen molar-refractivity contribution < 1.29 is 31.3 Å². The average molecular weight is 370 g/mol. The molecular weight excluding hydrogens is 346 g/mol. The second kappa shape index (κ2) is 7.92. The molecule has 0 saturated heterocycles. The molecule has 0 aliphatic heterocycles. The molecule has 0 radical (unpaired) electrons. The zero-order chi connectivity index (χ0) is 11.9. The van der Waals surface area contributed by atoms with E-state index in [4.69, 9.17) is 0 Å². The first-order valence-corrected chi connectivity index (χ1v) is 5.47. The summed E-state index contributed by atoms with van der Waals surface area (Å²) >= 11 is 0. The van der Waals surface area contributed by atoms with Crippen LogP contribution in [0.1, 0.15) is 52.7 Å². The molecule has 0 fully saturated rings. The summed E-state index contributed by atoms with van der Waals surface area (Å²) < 4.78 is 0. The molecule has 18 heavy (non-hydrogen) atoms. The molecule has 0 aromatic heterocycles. The van der Waals surface area contributed by atoms with Crippen molar-refractivity contribution in [1.29, 1.82) is 0 Å². The van der Waals surface area contributed by atoms with Crippen LogP contribution in [-0.2, 0) is 37.0 Å². The third-order valence-corrected chi connectivity index (χ3v) is 2.65. The van der Waals surface area contributed by atoms with Crippen LogP contribution in [0.25, 0.3) is 0 Å². The van der Waals surface area contributed by atoms with Gasteiger partial charge in [0.15, 0.2) is 0 Å². The molecule has 0 bridgehead atoms. The van der Waals surface area contributed by atoms with Crippen molar-refractivity contribution in [2.24, 2.45) is 0 Å². The number of benzene rings is 1. The second-order valence-corrected chi connectivity index (χ2v) is 6.20. The molecule has 0 atom stereocenters. The minimum Gasteiger partial charge on any atom is -0.507 e. The SMILES string of the molecule is CC(C)(C)c1cccc(C(C)(C)C)c1O.Cl.Cl.[Zr]. The van der Waals surface area contributed by atoms with Gasteiger partial charge in [0.1, 0.15) is 5.75 Å². The van der Waals surface area contributed by atoms with E-state index >= 15 is 0 Å². The molecule has 0 amide bonds. The third-order valence-electron chi connectivity index (χ3n) is 2.65. The number of rotatable bonds is 0. The Morgan fingerprint density at radius 3 is 1.28 bits per heavy atom. The van der Waals surface area contributed by atoms with Crippen molar-refractivity contribution in [2.75, 3.05) is 0 Å². The molecule has 4 heteroatoms. The predicted octanol–water partition coefficient (Wildman–Crippen LogP) is 4.83. The Hall–Kier alpha value is 0.483. The Labute approximate surface area is 143 Å². The van der Waals surface area contributed by atoms with E-state index in [-0.39, 0.29) is 61.8 Å². The van der Waals surface area contributed by atoms with Crippen LogP contribution in [0.2, 0.25) is 0 Å². The zero-order valence-electron chi connectivity index (χ0n) is 12.0. The van der Waals surface area contributed by atoms with Crippen molar-refractivity contribution in [3.8, 4) is 5.75 Å². The summed E-state index contributed by atoms with van der Waals surface area (Å²) in [4.78, 5) is 0. The van der Waals surface area contributed by atoms with Gasteiger partial charge in [0, 0.05) is 26.2 Å². The van der Waals surface area contributed by atoms with E-state index in [1.807, 2.05) is 18.2 Å². The van der Waals surface area contributed by atoms with Crippen LogP contribution >= 0.6 is 24.8 Å². The van der Waals surface area contributed by atoms with Gasteiger partial charge >= 0.3 is 0 Å². The monoisotopic (exact) mass is 368 g/mol. The van der Waals surface area contributed by atoms with Gasteiger partial charge in [-0.3, -0.25) is 0 Å². The van der Waals surface area contributed by atoms with Crippen molar-refractivity contribution in [2.45, 2.75) is 52.4 Å². The van der Waals surface area contributed by atoms with E-state index in [1.54, 1.807) is 0 Å². The molecule has 0 heterocycles. The van der Waals surface area contributed by atoms with Gasteiger partial charge in [-0.1, -0.05) is 59.7 Å². The summed E-state index contributed by atoms with van der Waals surface area (Å²) in [7, 11) is 0. The van der Waals surface area contributed by atoms with E-state index in [0.29, 0.717) is 5.75 Å². The Balaban J connectivity index is -0.000000750. The van der Waals surface area contributed by atoms with Crippen LogP contribution in [0.3, 0.4) is 0 Å². The van der Waals surface area contributed by atoms with Gasteiger partial charge in [-0.25, -0.2) is 0 Å². The number of halogens is 2. The van der Waals surface area contributed by atoms with E-state index in [2.05, 4.69) is 41.5 Å². The second-order valence-electron chi connectivity index (χ2n) is 6.20. The number of phenolic OH excluding ortho intramolecular Hbond substituents is 1. The maximum Gasteiger partial charge on any atom is 0.123 e. The Morgan fingerprint density at radius 1 is 0.778 bits per heavy atom. The molecule has 1 aromatic rings. The van der Waals surface area contributed by atoms with Gasteiger partial charge in [-0.15, -0.1) is 24.8 Å². The predicted molar refractivity (Wildman–Crippen MR) is 80.0 cm³/mol. The standard InChI is InChI=1S/C14H22O.2ClH.Zr/c1-13(2,3)10-8-7-9-11(12(10)15)14(4,5)6;;;/h7-9,15H,1-6H3;2*1H;. The molecule has 104 valence electrons. The summed E-state index contributed by atoms with van der Waals surface area (Å²) in [5.74, 6) is 0.456. The topological polar surface area (TPSA) is 20.2 Å². The van der Waals surface area contributed by atoms with Gasteiger partial charge in [-0.2, -0.15) is 0 Å². The molecule has 1 N–H and O–H groups in total. The molecule has 1 nitrogen and oxygen atoms in total. The number of phenols is 1. The maximum atomic E-state index is 10.3. The van der Waals surface area contributed by atoms with E-state index in [0.717, 1.165) is 11.1 Å². The zero-order valence-corrected chi connectivity index (χ0v) is 16.1. The summed E-state index contributed by atoms with van der Waals surface area (Å²) in [6.45, 7) is 12.7. The molecule has 1 aromatic carbocycles. The number of hydrogen-bond acceptors (Lipinski definition) is 1. The summed E-state index contributed by atoms with van der Waals surface area (Å²) in [6.07, 6.45) is 0. The quantitative estimate of drug-likeness (QED) is 0.694.